The van der Waals surface area contributed by atoms with Gasteiger partial charge in [-0.25, -0.2) is 0 Å². The van der Waals surface area contributed by atoms with Crippen LogP contribution in [-0.4, -0.2) is 26.4 Å². The number of alkyl halides is 3. The number of halogens is 3. The van der Waals surface area contributed by atoms with Crippen molar-refractivity contribution in [2.45, 2.75) is 28.5 Å². The highest BCUT2D eigenvalue weighted by Crippen LogP contribution is 2.31. The lowest BCUT2D eigenvalue weighted by atomic mass is 10.2. The summed E-state index contributed by atoms with van der Waals surface area (Å²) < 4.78 is 40.3. The Hall–Kier alpha value is -2.72. The summed E-state index contributed by atoms with van der Waals surface area (Å²) in [6.07, 6.45) is -2.75. The number of thioether (sulfide) groups is 2. The van der Waals surface area contributed by atoms with E-state index < -0.39 is 17.6 Å². The van der Waals surface area contributed by atoms with E-state index in [2.05, 4.69) is 22.1 Å². The smallest absolute Gasteiger partial charge is 0.325 e. The number of allylic oxidation sites excluding steroid dienone is 1. The Balaban J connectivity index is 1.61. The Morgan fingerprint density at radius 1 is 1.10 bits per heavy atom. The number of carbonyl (C=O) groups excluding carboxylic acids is 1. The van der Waals surface area contributed by atoms with Crippen LogP contribution in [0.5, 0.6) is 0 Å². The van der Waals surface area contributed by atoms with Crippen LogP contribution in [0.3, 0.4) is 0 Å². The number of hydrogen-bond acceptors (Lipinski definition) is 5. The maximum absolute atomic E-state index is 12.8. The van der Waals surface area contributed by atoms with E-state index in [9.17, 15) is 18.0 Å². The minimum atomic E-state index is -4.47. The summed E-state index contributed by atoms with van der Waals surface area (Å²) in [5.41, 5.74) is -0.725. The Morgan fingerprint density at radius 2 is 1.87 bits per heavy atom. The van der Waals surface area contributed by atoms with Gasteiger partial charge in [0, 0.05) is 17.1 Å². The summed E-state index contributed by atoms with van der Waals surface area (Å²) >= 11 is 2.78. The monoisotopic (exact) mass is 464 g/mol. The highest BCUT2D eigenvalue weighted by molar-refractivity contribution is 7.99. The maximum atomic E-state index is 12.8. The first kappa shape index (κ1) is 23.0. The predicted molar refractivity (Wildman–Crippen MR) is 117 cm³/mol. The summed E-state index contributed by atoms with van der Waals surface area (Å²) in [6, 6.07) is 14.4. The molecule has 0 saturated carbocycles. The molecule has 31 heavy (non-hydrogen) atoms. The third-order valence-electron chi connectivity index (χ3n) is 4.02. The summed E-state index contributed by atoms with van der Waals surface area (Å²) in [6.45, 7) is 4.23. The van der Waals surface area contributed by atoms with E-state index in [-0.39, 0.29) is 11.4 Å². The lowest BCUT2D eigenvalue weighted by Crippen LogP contribution is -2.15. The van der Waals surface area contributed by atoms with Crippen LogP contribution in [0.15, 0.2) is 77.3 Å². The molecule has 5 nitrogen and oxygen atoms in total. The fourth-order valence-electron chi connectivity index (χ4n) is 2.61. The third kappa shape index (κ3) is 6.63. The first-order valence-corrected chi connectivity index (χ1v) is 11.1. The van der Waals surface area contributed by atoms with Crippen LogP contribution in [0.4, 0.5) is 18.9 Å². The van der Waals surface area contributed by atoms with Gasteiger partial charge in [0.15, 0.2) is 5.16 Å². The molecule has 162 valence electrons. The molecule has 0 bridgehead atoms. The number of hydrogen-bond donors (Lipinski definition) is 1. The molecule has 0 unspecified atom stereocenters. The highest BCUT2D eigenvalue weighted by Gasteiger charge is 2.30. The molecular formula is C21H19F3N4OS2. The van der Waals surface area contributed by atoms with Crippen LogP contribution in [0.1, 0.15) is 11.4 Å². The summed E-state index contributed by atoms with van der Waals surface area (Å²) in [5.74, 6) is 0.895. The lowest BCUT2D eigenvalue weighted by molar-refractivity contribution is -0.137. The molecule has 0 atom stereocenters. The number of amides is 1. The number of aromatic nitrogens is 3. The molecule has 2 aromatic carbocycles. The normalized spacial score (nSPS) is 11.3. The molecule has 1 N–H and O–H groups in total. The second kappa shape index (κ2) is 10.5. The van der Waals surface area contributed by atoms with Crippen molar-refractivity contribution < 1.29 is 18.0 Å². The van der Waals surface area contributed by atoms with Gasteiger partial charge in [-0.05, 0) is 30.3 Å². The van der Waals surface area contributed by atoms with Gasteiger partial charge in [0.2, 0.25) is 5.91 Å². The fraction of sp³-hybridized carbons (Fsp3) is 0.190. The van der Waals surface area contributed by atoms with Crippen LogP contribution in [0.25, 0.3) is 0 Å². The van der Waals surface area contributed by atoms with Crippen molar-refractivity contribution in [2.75, 3.05) is 11.1 Å². The number of anilines is 1. The van der Waals surface area contributed by atoms with E-state index in [1.54, 1.807) is 17.8 Å². The van der Waals surface area contributed by atoms with Gasteiger partial charge in [-0.15, -0.1) is 28.5 Å². The summed E-state index contributed by atoms with van der Waals surface area (Å²) in [5, 5.41) is 11.4. The molecule has 0 aliphatic heterocycles. The zero-order valence-corrected chi connectivity index (χ0v) is 17.9. The first-order chi connectivity index (χ1) is 14.9. The van der Waals surface area contributed by atoms with Gasteiger partial charge in [0.05, 0.1) is 17.1 Å². The SMILES string of the molecule is C=CCn1c(CSc2ccccc2)nnc1SCC(=O)Nc1cccc(C(F)(F)F)c1. The average molecular weight is 465 g/mol. The van der Waals surface area contributed by atoms with Gasteiger partial charge in [-0.3, -0.25) is 4.79 Å². The van der Waals surface area contributed by atoms with E-state index >= 15 is 0 Å². The minimum absolute atomic E-state index is 0.0165. The number of carbonyl (C=O) groups is 1. The quantitative estimate of drug-likeness (QED) is 0.334. The Morgan fingerprint density at radius 3 is 2.58 bits per heavy atom. The standard InChI is InChI=1S/C21H19F3N4OS2/c1-2-11-28-18(13-30-17-9-4-3-5-10-17)26-27-20(28)31-14-19(29)25-16-8-6-7-15(12-16)21(22,23)24/h2-10,12H,1,11,13-14H2,(H,25,29). The molecule has 1 heterocycles. The molecular weight excluding hydrogens is 445 g/mol. The number of rotatable bonds is 9. The van der Waals surface area contributed by atoms with Gasteiger partial charge < -0.3 is 9.88 Å². The van der Waals surface area contributed by atoms with Crippen LogP contribution in [-0.2, 0) is 23.3 Å². The van der Waals surface area contributed by atoms with Gasteiger partial charge in [0.1, 0.15) is 5.82 Å². The zero-order valence-electron chi connectivity index (χ0n) is 16.3. The lowest BCUT2D eigenvalue weighted by Gasteiger charge is -2.10. The zero-order chi connectivity index (χ0) is 22.3. The van der Waals surface area contributed by atoms with E-state index in [4.69, 9.17) is 0 Å². The van der Waals surface area contributed by atoms with Crippen molar-refractivity contribution in [2.24, 2.45) is 0 Å². The molecule has 0 radical (unpaired) electrons. The number of nitrogens with zero attached hydrogens (tertiary/aromatic N) is 3. The van der Waals surface area contributed by atoms with E-state index in [0.717, 1.165) is 34.6 Å². The Labute approximate surface area is 186 Å². The maximum Gasteiger partial charge on any atom is 0.416 e. The molecule has 3 rings (SSSR count). The molecule has 3 aromatic rings. The van der Waals surface area contributed by atoms with Crippen molar-refractivity contribution in [1.82, 2.24) is 14.8 Å². The summed E-state index contributed by atoms with van der Waals surface area (Å²) in [4.78, 5) is 13.3. The van der Waals surface area contributed by atoms with Crippen molar-refractivity contribution in [1.29, 1.82) is 0 Å². The van der Waals surface area contributed by atoms with Gasteiger partial charge >= 0.3 is 6.18 Å². The topological polar surface area (TPSA) is 59.8 Å². The Kier molecular flexibility index (Phi) is 7.80. The van der Waals surface area contributed by atoms with E-state index in [1.807, 2.05) is 34.9 Å². The predicted octanol–water partition coefficient (Wildman–Crippen LogP) is 5.51. The number of benzene rings is 2. The molecule has 0 spiro atoms. The third-order valence-corrected chi connectivity index (χ3v) is 6.00. The fourth-order valence-corrected chi connectivity index (χ4v) is 4.24. The van der Waals surface area contributed by atoms with Gasteiger partial charge in [-0.1, -0.05) is 42.1 Å². The molecule has 0 fully saturated rings. The molecule has 10 heteroatoms. The molecule has 1 amide bonds. The second-order valence-corrected chi connectivity index (χ2v) is 8.31. The molecule has 0 aliphatic rings. The van der Waals surface area contributed by atoms with Crippen LogP contribution in [0, 0.1) is 0 Å². The summed E-state index contributed by atoms with van der Waals surface area (Å²) in [7, 11) is 0. The van der Waals surface area contributed by atoms with Crippen molar-refractivity contribution in [3.8, 4) is 0 Å². The minimum Gasteiger partial charge on any atom is -0.325 e. The average Bonchev–Trinajstić information content (AvgIpc) is 3.13. The van der Waals surface area contributed by atoms with Gasteiger partial charge in [-0.2, -0.15) is 13.2 Å². The molecule has 1 aromatic heterocycles. The van der Waals surface area contributed by atoms with Crippen LogP contribution >= 0.6 is 23.5 Å². The van der Waals surface area contributed by atoms with Crippen molar-refractivity contribution in [3.63, 3.8) is 0 Å². The Bertz CT molecular complexity index is 1040. The van der Waals surface area contributed by atoms with Crippen LogP contribution in [0.2, 0.25) is 0 Å². The van der Waals surface area contributed by atoms with E-state index in [0.29, 0.717) is 17.5 Å². The molecule has 0 aliphatic carbocycles. The van der Waals surface area contributed by atoms with Crippen molar-refractivity contribution >= 4 is 35.1 Å². The van der Waals surface area contributed by atoms with Crippen molar-refractivity contribution in [3.05, 3.63) is 78.6 Å². The highest BCUT2D eigenvalue weighted by atomic mass is 32.2. The second-order valence-electron chi connectivity index (χ2n) is 6.32. The molecule has 0 saturated heterocycles. The van der Waals surface area contributed by atoms with Crippen LogP contribution < -0.4 is 5.32 Å². The van der Waals surface area contributed by atoms with Gasteiger partial charge in [0.25, 0.3) is 0 Å². The first-order valence-electron chi connectivity index (χ1n) is 9.17. The number of nitrogens with one attached hydrogen (secondary N) is 1. The van der Waals surface area contributed by atoms with E-state index in [1.165, 1.54) is 12.1 Å². The largest absolute Gasteiger partial charge is 0.416 e.